The molecule has 0 bridgehead atoms. The molecule has 108 heavy (non-hydrogen) atoms. The molecular weight excluding hydrogens is 1750 g/mol. The Morgan fingerprint density at radius 2 is 0.694 bits per heavy atom. The summed E-state index contributed by atoms with van der Waals surface area (Å²) in [7, 11) is -1.45. The lowest BCUT2D eigenvalue weighted by molar-refractivity contribution is -0.207. The average molecular weight is 1810 g/mol. The molecule has 9 N–H and O–H groups in total. The van der Waals surface area contributed by atoms with E-state index in [0.717, 1.165) is 127 Å². The largest absolute Gasteiger partial charge is 0.481 e. The molecule has 0 fully saturated rings. The smallest absolute Gasteiger partial charge is 0.323 e. The summed E-state index contributed by atoms with van der Waals surface area (Å²) in [5, 5.41) is 69.9. The third kappa shape index (κ3) is 22.2. The van der Waals surface area contributed by atoms with Gasteiger partial charge in [0.25, 0.3) is 5.97 Å². The van der Waals surface area contributed by atoms with Gasteiger partial charge >= 0.3 is 23.7 Å². The fourth-order valence-electron chi connectivity index (χ4n) is 9.02. The molecule has 0 aliphatic rings. The minimum absolute atomic E-state index is 0. The van der Waals surface area contributed by atoms with Gasteiger partial charge in [0, 0.05) is 109 Å². The summed E-state index contributed by atoms with van der Waals surface area (Å²) in [6, 6.07) is 16.8. The first-order valence-electron chi connectivity index (χ1n) is 29.5. The Kier molecular flexibility index (Phi) is 32.2. The highest BCUT2D eigenvalue weighted by Crippen LogP contribution is 2.50. The van der Waals surface area contributed by atoms with Crippen LogP contribution < -0.4 is 11.5 Å². The molecule has 4 atom stereocenters. The maximum Gasteiger partial charge on any atom is 0.323 e. The van der Waals surface area contributed by atoms with Gasteiger partial charge in [-0.05, 0) is 180 Å². The minimum Gasteiger partial charge on any atom is -0.481 e. The van der Waals surface area contributed by atoms with Gasteiger partial charge in [-0.3, -0.25) is 24.7 Å². The zero-order chi connectivity index (χ0) is 80.5. The van der Waals surface area contributed by atoms with Crippen molar-refractivity contribution < 1.29 is 101 Å². The zero-order valence-corrected chi connectivity index (χ0v) is 62.3. The molecule has 580 valence electrons. The van der Waals surface area contributed by atoms with Crippen molar-refractivity contribution in [1.82, 2.24) is 60.4 Å². The number of tetrazole rings is 2. The van der Waals surface area contributed by atoms with Gasteiger partial charge in [-0.15, -0.1) is 15.0 Å². The molecular formula is C64H59Br4F16N17O6Si. The molecule has 10 aromatic rings. The second-order valence-electron chi connectivity index (χ2n) is 23.0. The number of aliphatic hydroxyl groups is 4. The molecule has 0 aliphatic carbocycles. The number of rotatable bonds is 19. The van der Waals surface area contributed by atoms with E-state index in [-0.39, 0.29) is 7.43 Å². The van der Waals surface area contributed by atoms with E-state index in [4.69, 9.17) is 26.9 Å². The number of nitrogens with zero attached hydrogens (tertiary/aromatic N) is 15. The van der Waals surface area contributed by atoms with Crippen LogP contribution in [0.3, 0.4) is 0 Å². The van der Waals surface area contributed by atoms with Crippen molar-refractivity contribution in [1.29, 1.82) is 0 Å². The third-order valence-corrected chi connectivity index (χ3v) is 16.8. The van der Waals surface area contributed by atoms with Gasteiger partial charge in [0.2, 0.25) is 0 Å². The number of alkyl halides is 8. The number of carbonyl (C=O) groups is 1. The lowest BCUT2D eigenvalue weighted by Gasteiger charge is -2.35. The Balaban J connectivity index is 0.000000290. The molecule has 0 amide bonds. The maximum absolute atomic E-state index is 15.2. The zero-order valence-electron chi connectivity index (χ0n) is 54.9. The molecule has 23 nitrogen and oxygen atoms in total. The fourth-order valence-corrected chi connectivity index (χ4v) is 10.2. The molecule has 10 rings (SSSR count). The Bertz CT molecular complexity index is 4370. The maximum atomic E-state index is 15.2. The summed E-state index contributed by atoms with van der Waals surface area (Å²) in [6.45, 7) is 3.30. The lowest BCUT2D eigenvalue weighted by atomic mass is 9.84. The van der Waals surface area contributed by atoms with Crippen molar-refractivity contribution in [2.45, 2.75) is 93.2 Å². The van der Waals surface area contributed by atoms with Crippen LogP contribution in [0.2, 0.25) is 19.6 Å². The van der Waals surface area contributed by atoms with Crippen LogP contribution in [0.1, 0.15) is 59.4 Å². The average Bonchev–Trinajstić information content (AvgIpc) is 0.864. The van der Waals surface area contributed by atoms with Crippen LogP contribution in [-0.4, -0.2) is 113 Å². The number of nitrogens with two attached hydrogens (primary N) is 2. The quantitative estimate of drug-likeness (QED) is 0.0130. The topological polar surface area (TPSA) is 358 Å². The number of hydrogen-bond donors (Lipinski definition) is 7. The molecule has 0 spiro atoms. The summed E-state index contributed by atoms with van der Waals surface area (Å²) >= 11 is 12.2. The molecule has 0 radical (unpaired) electrons. The highest BCUT2D eigenvalue weighted by Gasteiger charge is 2.61. The predicted octanol–water partition coefficient (Wildman–Crippen LogP) is 14.6. The summed E-state index contributed by atoms with van der Waals surface area (Å²) in [6.07, 6.45) is 6.42. The molecule has 0 unspecified atom stereocenters. The monoisotopic (exact) mass is 1810 g/mol. The Morgan fingerprint density at radius 3 is 0.861 bits per heavy atom. The predicted molar refractivity (Wildman–Crippen MR) is 371 cm³/mol. The number of aliphatic carboxylic acids is 1. The second-order valence-corrected chi connectivity index (χ2v) is 31.2. The van der Waals surface area contributed by atoms with E-state index in [1.165, 1.54) is 24.3 Å². The highest BCUT2D eigenvalue weighted by molar-refractivity contribution is 9.11. The first kappa shape index (κ1) is 91.6. The van der Waals surface area contributed by atoms with Crippen LogP contribution in [0.5, 0.6) is 0 Å². The van der Waals surface area contributed by atoms with Crippen LogP contribution in [0.15, 0.2) is 181 Å². The van der Waals surface area contributed by atoms with Crippen LogP contribution in [0, 0.1) is 46.5 Å². The van der Waals surface area contributed by atoms with Crippen molar-refractivity contribution >= 4 is 77.9 Å². The van der Waals surface area contributed by atoms with E-state index in [1.54, 1.807) is 0 Å². The highest BCUT2D eigenvalue weighted by atomic mass is 79.9. The minimum atomic E-state index is -4.06. The van der Waals surface area contributed by atoms with Gasteiger partial charge in [-0.2, -0.15) is 35.1 Å². The number of halogens is 20. The van der Waals surface area contributed by atoms with E-state index in [0.29, 0.717) is 42.2 Å². The van der Waals surface area contributed by atoms with Crippen molar-refractivity contribution in [2.75, 3.05) is 13.1 Å². The molecule has 0 saturated heterocycles. The summed E-state index contributed by atoms with van der Waals surface area (Å²) < 4.78 is 235. The van der Waals surface area contributed by atoms with Gasteiger partial charge in [0.05, 0.1) is 13.1 Å². The number of carboxylic acid groups (broad SMARTS) is 1. The van der Waals surface area contributed by atoms with E-state index in [2.05, 4.69) is 124 Å². The van der Waals surface area contributed by atoms with Gasteiger partial charge in [-0.1, -0.05) is 39.2 Å². The first-order chi connectivity index (χ1) is 49.7. The Morgan fingerprint density at radius 1 is 0.463 bits per heavy atom. The van der Waals surface area contributed by atoms with Gasteiger partial charge in [-0.25, -0.2) is 44.5 Å². The first-order valence-corrected chi connectivity index (χ1v) is 36.1. The molecule has 0 saturated carbocycles. The Hall–Kier alpha value is -8.82. The lowest BCUT2D eigenvalue weighted by Crippen LogP contribution is -2.50. The third-order valence-electron chi connectivity index (χ3n) is 14.3. The summed E-state index contributed by atoms with van der Waals surface area (Å²) in [4.78, 5) is 26.0. The second kappa shape index (κ2) is 38.0. The molecule has 0 aliphatic heterocycles. The number of hydrogen-bond acceptors (Lipinski definition) is 18. The van der Waals surface area contributed by atoms with Crippen molar-refractivity contribution in [3.63, 3.8) is 0 Å². The van der Waals surface area contributed by atoms with Crippen molar-refractivity contribution in [2.24, 2.45) is 16.2 Å². The van der Waals surface area contributed by atoms with E-state index < -0.39 is 178 Å². The standard InChI is InChI=1S/2C15H10BrF4N5O.2C14H11BrF4N2O.C3H9N3Si.C2H4O2.CH4/c2*16-9-1-4-13(21-6-9)15(19,20)14(26,7-25-8-22-23-24-25)11-3-2-10(17)5-12(11)18;2*15-8-1-4-12(21-6-8)14(18,19)13(22,7-20)10-3-2-9(16)5-11(10)17;1-7(2,3)6-5-4;1-2(3)4;/h2*1-6,8,26H,7H2;2*1-6,22H,7,20H2;1-3H3;1H3,(H,3,4);1H4/t2*14-;2*13-;;;/m1010.../s1. The number of benzene rings is 4. The number of pyridine rings is 4. The van der Waals surface area contributed by atoms with Crippen LogP contribution >= 0.6 is 63.7 Å². The van der Waals surface area contributed by atoms with Gasteiger partial charge < -0.3 is 37.0 Å². The van der Waals surface area contributed by atoms with E-state index in [9.17, 15) is 73.1 Å². The number of aromatic nitrogens is 12. The SMILES string of the molecule is C.CC(=O)O.C[Si](C)(C)N=[N+]=[N-].NC[C@@](O)(c1ccc(F)cc1F)C(F)(F)c1ccc(Br)cn1.NC[C@](O)(c1ccc(F)cc1F)C(F)(F)c1ccc(Br)cn1.O[C@@](Cn1cnnn1)(c1ccc(F)cc1F)C(F)(F)c1ccc(Br)cn1.O[C@](Cn1cnnn1)(c1ccc(F)cc1F)C(F)(F)c1ccc(Br)cn1. The van der Waals surface area contributed by atoms with Crippen LogP contribution in [0.4, 0.5) is 70.2 Å². The van der Waals surface area contributed by atoms with Gasteiger partial charge in [0.1, 0.15) is 90.2 Å². The van der Waals surface area contributed by atoms with E-state index in [1.807, 2.05) is 19.6 Å². The summed E-state index contributed by atoms with van der Waals surface area (Å²) in [5.41, 5.74) is -0.377. The van der Waals surface area contributed by atoms with Crippen molar-refractivity contribution in [3.05, 3.63) is 279 Å². The molecule has 44 heteroatoms. The Labute approximate surface area is 636 Å². The van der Waals surface area contributed by atoms with Crippen LogP contribution in [-0.2, 0) is 64.0 Å². The van der Waals surface area contributed by atoms with E-state index >= 15 is 17.6 Å². The van der Waals surface area contributed by atoms with Gasteiger partial charge in [0.15, 0.2) is 22.4 Å². The number of azide groups is 1. The van der Waals surface area contributed by atoms with Crippen molar-refractivity contribution in [3.8, 4) is 0 Å². The molecule has 4 aromatic carbocycles. The van der Waals surface area contributed by atoms with Crippen LogP contribution in [0.25, 0.3) is 10.4 Å². The molecule has 6 aromatic heterocycles. The molecule has 6 heterocycles. The number of carboxylic acids is 1. The summed E-state index contributed by atoms with van der Waals surface area (Å²) in [5.74, 6) is -26.1. The normalized spacial score (nSPS) is 13.7. The fraction of sp³-hybridized carbons (Fsp3) is 0.266.